The summed E-state index contributed by atoms with van der Waals surface area (Å²) in [5, 5.41) is 0. The van der Waals surface area contributed by atoms with Gasteiger partial charge < -0.3 is 0 Å². The van der Waals surface area contributed by atoms with Gasteiger partial charge in [-0.25, -0.2) is 0 Å². The van der Waals surface area contributed by atoms with E-state index in [0.29, 0.717) is 0 Å². The topological polar surface area (TPSA) is 17.1 Å². The van der Waals surface area contributed by atoms with Crippen LogP contribution >= 0.6 is 22.6 Å². The lowest BCUT2D eigenvalue weighted by molar-refractivity contribution is -0.110. The minimum absolute atomic E-state index is 0.0473. The van der Waals surface area contributed by atoms with E-state index in [9.17, 15) is 4.79 Å². The lowest BCUT2D eigenvalue weighted by Crippen LogP contribution is -2.11. The van der Waals surface area contributed by atoms with Crippen LogP contribution in [0, 0.1) is 0 Å². The number of hydrogen-bond acceptors (Lipinski definition) is 1. The second-order valence-electron chi connectivity index (χ2n) is 2.22. The Balaban J connectivity index is 2.82. The highest BCUT2D eigenvalue weighted by molar-refractivity contribution is 14.1. The van der Waals surface area contributed by atoms with Crippen LogP contribution in [0.2, 0.25) is 0 Å². The monoisotopic (exact) mass is 234 g/mol. The van der Waals surface area contributed by atoms with Crippen LogP contribution in [0.1, 0.15) is 6.92 Å². The number of carbonyl (C=O) groups is 1. The Bertz CT molecular complexity index is 171. The van der Waals surface area contributed by atoms with Gasteiger partial charge in [-0.2, -0.15) is 0 Å². The molecular formula is C7H7IO. The maximum atomic E-state index is 10.6. The molecule has 0 spiro atoms. The number of carbonyl (C=O) groups excluding carboxylic acids is 1. The second kappa shape index (κ2) is 2.25. The first-order valence-corrected chi connectivity index (χ1v) is 3.79. The third kappa shape index (κ3) is 1.93. The van der Waals surface area contributed by atoms with E-state index in [-0.39, 0.29) is 9.20 Å². The van der Waals surface area contributed by atoms with Crippen LogP contribution in [0.25, 0.3) is 0 Å². The minimum atomic E-state index is 0.0473. The number of halogens is 1. The van der Waals surface area contributed by atoms with Crippen LogP contribution < -0.4 is 0 Å². The predicted molar refractivity (Wildman–Crippen MR) is 45.7 cm³/mol. The van der Waals surface area contributed by atoms with Crippen molar-refractivity contribution in [2.24, 2.45) is 0 Å². The van der Waals surface area contributed by atoms with Crippen LogP contribution in [-0.2, 0) is 4.79 Å². The van der Waals surface area contributed by atoms with Crippen molar-refractivity contribution in [3.8, 4) is 0 Å². The standard InChI is InChI=1S/C7H7IO/c1-7(8)4-2-6(9)3-5-7/h2-5H,1H3. The molecule has 0 amide bonds. The van der Waals surface area contributed by atoms with E-state index in [1.165, 1.54) is 0 Å². The van der Waals surface area contributed by atoms with Gasteiger partial charge in [0.15, 0.2) is 5.78 Å². The first-order valence-electron chi connectivity index (χ1n) is 2.71. The zero-order valence-corrected chi connectivity index (χ0v) is 7.25. The van der Waals surface area contributed by atoms with Crippen LogP contribution in [0.5, 0.6) is 0 Å². The summed E-state index contributed by atoms with van der Waals surface area (Å²) in [5.74, 6) is 0.0872. The molecule has 9 heavy (non-hydrogen) atoms. The van der Waals surface area contributed by atoms with Gasteiger partial charge in [-0.3, -0.25) is 4.79 Å². The quantitative estimate of drug-likeness (QED) is 0.462. The van der Waals surface area contributed by atoms with Crippen molar-refractivity contribution >= 4 is 28.4 Å². The summed E-state index contributed by atoms with van der Waals surface area (Å²) in [6.45, 7) is 2.05. The maximum absolute atomic E-state index is 10.6. The van der Waals surface area contributed by atoms with Gasteiger partial charge in [-0.15, -0.1) is 0 Å². The van der Waals surface area contributed by atoms with Gasteiger partial charge in [0.2, 0.25) is 0 Å². The Morgan fingerprint density at radius 2 is 1.89 bits per heavy atom. The molecule has 0 heterocycles. The van der Waals surface area contributed by atoms with E-state index < -0.39 is 0 Å². The van der Waals surface area contributed by atoms with Crippen molar-refractivity contribution in [3.05, 3.63) is 24.3 Å². The zero-order valence-electron chi connectivity index (χ0n) is 5.10. The molecule has 0 bridgehead atoms. The second-order valence-corrected chi connectivity index (χ2v) is 4.54. The number of rotatable bonds is 0. The fourth-order valence-corrected chi connectivity index (χ4v) is 0.961. The summed E-state index contributed by atoms with van der Waals surface area (Å²) in [5.41, 5.74) is 0. The molecule has 2 heteroatoms. The molecule has 0 unspecified atom stereocenters. The minimum Gasteiger partial charge on any atom is -0.290 e. The average Bonchev–Trinajstić information content (AvgIpc) is 1.78. The molecule has 0 N–H and O–H groups in total. The fourth-order valence-electron chi connectivity index (χ4n) is 0.601. The molecule has 0 fully saturated rings. The first-order chi connectivity index (χ1) is 4.10. The Morgan fingerprint density at radius 3 is 2.22 bits per heavy atom. The van der Waals surface area contributed by atoms with Crippen molar-refractivity contribution in [1.29, 1.82) is 0 Å². The van der Waals surface area contributed by atoms with E-state index in [1.54, 1.807) is 12.2 Å². The lowest BCUT2D eigenvalue weighted by Gasteiger charge is -2.13. The Kier molecular flexibility index (Phi) is 1.75. The Hall–Kier alpha value is -0.120. The van der Waals surface area contributed by atoms with Gasteiger partial charge in [-0.1, -0.05) is 34.7 Å². The molecule has 0 saturated carbocycles. The number of hydrogen-bond donors (Lipinski definition) is 0. The SMILES string of the molecule is CC1(I)C=CC(=O)C=C1. The highest BCUT2D eigenvalue weighted by atomic mass is 127. The van der Waals surface area contributed by atoms with Crippen LogP contribution in [0.15, 0.2) is 24.3 Å². The maximum Gasteiger partial charge on any atom is 0.178 e. The lowest BCUT2D eigenvalue weighted by atomic mass is 10.1. The fraction of sp³-hybridized carbons (Fsp3) is 0.286. The molecule has 0 saturated heterocycles. The number of alkyl halides is 1. The molecule has 0 aromatic rings. The molecule has 0 radical (unpaired) electrons. The molecule has 0 aromatic heterocycles. The van der Waals surface area contributed by atoms with E-state index in [4.69, 9.17) is 0 Å². The summed E-state index contributed by atoms with van der Waals surface area (Å²) >= 11 is 2.28. The van der Waals surface area contributed by atoms with Crippen molar-refractivity contribution in [2.45, 2.75) is 10.3 Å². The van der Waals surface area contributed by atoms with Crippen molar-refractivity contribution in [2.75, 3.05) is 0 Å². The molecule has 1 nitrogen and oxygen atoms in total. The molecule has 1 aliphatic carbocycles. The molecule has 0 aliphatic heterocycles. The summed E-state index contributed by atoms with van der Waals surface area (Å²) in [4.78, 5) is 10.6. The average molecular weight is 234 g/mol. The van der Waals surface area contributed by atoms with E-state index in [0.717, 1.165) is 0 Å². The van der Waals surface area contributed by atoms with E-state index >= 15 is 0 Å². The van der Waals surface area contributed by atoms with Gasteiger partial charge in [0.25, 0.3) is 0 Å². The smallest absolute Gasteiger partial charge is 0.178 e. The van der Waals surface area contributed by atoms with Crippen LogP contribution in [0.4, 0.5) is 0 Å². The van der Waals surface area contributed by atoms with Crippen molar-refractivity contribution in [1.82, 2.24) is 0 Å². The largest absolute Gasteiger partial charge is 0.290 e. The molecule has 1 rings (SSSR count). The molecule has 48 valence electrons. The van der Waals surface area contributed by atoms with Crippen molar-refractivity contribution < 1.29 is 4.79 Å². The highest BCUT2D eigenvalue weighted by Crippen LogP contribution is 2.23. The number of allylic oxidation sites excluding steroid dienone is 4. The predicted octanol–water partition coefficient (Wildman–Crippen LogP) is 1.88. The van der Waals surface area contributed by atoms with Gasteiger partial charge >= 0.3 is 0 Å². The third-order valence-corrected chi connectivity index (χ3v) is 1.87. The third-order valence-electron chi connectivity index (χ3n) is 1.15. The number of ketones is 1. The van der Waals surface area contributed by atoms with Crippen LogP contribution in [0.3, 0.4) is 0 Å². The van der Waals surface area contributed by atoms with E-state index in [2.05, 4.69) is 22.6 Å². The molecular weight excluding hydrogens is 227 g/mol. The Morgan fingerprint density at radius 1 is 1.44 bits per heavy atom. The van der Waals surface area contributed by atoms with Gasteiger partial charge in [0.05, 0.1) is 3.42 Å². The summed E-state index contributed by atoms with van der Waals surface area (Å²) in [6, 6.07) is 0. The van der Waals surface area contributed by atoms with Crippen molar-refractivity contribution in [3.63, 3.8) is 0 Å². The molecule has 1 aliphatic rings. The van der Waals surface area contributed by atoms with Crippen LogP contribution in [-0.4, -0.2) is 9.20 Å². The normalized spacial score (nSPS) is 22.7. The van der Waals surface area contributed by atoms with Gasteiger partial charge in [0, 0.05) is 0 Å². The van der Waals surface area contributed by atoms with E-state index in [1.807, 2.05) is 19.1 Å². The summed E-state index contributed by atoms with van der Waals surface area (Å²) in [6.07, 6.45) is 7.00. The first kappa shape index (κ1) is 6.99. The Labute approximate surface area is 68.0 Å². The van der Waals surface area contributed by atoms with Gasteiger partial charge in [-0.05, 0) is 19.1 Å². The molecule has 0 atom stereocenters. The summed E-state index contributed by atoms with van der Waals surface area (Å²) < 4.78 is 0.0473. The summed E-state index contributed by atoms with van der Waals surface area (Å²) in [7, 11) is 0. The zero-order chi connectivity index (χ0) is 6.91. The molecule has 0 aromatic carbocycles. The van der Waals surface area contributed by atoms with Gasteiger partial charge in [0.1, 0.15) is 0 Å². The highest BCUT2D eigenvalue weighted by Gasteiger charge is 2.14.